The maximum atomic E-state index is 9.26. The molecule has 0 spiro atoms. The van der Waals surface area contributed by atoms with Crippen molar-refractivity contribution in [2.24, 2.45) is 0 Å². The van der Waals surface area contributed by atoms with Crippen molar-refractivity contribution in [2.45, 2.75) is 19.4 Å². The van der Waals surface area contributed by atoms with E-state index >= 15 is 0 Å². The molecule has 0 radical (unpaired) electrons. The van der Waals surface area contributed by atoms with Gasteiger partial charge in [-0.1, -0.05) is 13.0 Å². The number of hydrogen-bond donors (Lipinski definition) is 3. The predicted octanol–water partition coefficient (Wildman–Crippen LogP) is 1.02. The van der Waals surface area contributed by atoms with Crippen LogP contribution in [0.15, 0.2) is 18.2 Å². The fourth-order valence-corrected chi connectivity index (χ4v) is 1.41. The minimum absolute atomic E-state index is 0.247. The summed E-state index contributed by atoms with van der Waals surface area (Å²) in [5, 5.41) is 21.0. The second-order valence-corrected chi connectivity index (χ2v) is 3.61. The molecule has 0 fully saturated rings. The Bertz CT molecular complexity index is 328. The number of aliphatic hydroxyl groups is 2. The van der Waals surface area contributed by atoms with Crippen molar-refractivity contribution in [3.63, 3.8) is 0 Å². The number of methoxy groups -OCH3 is 1. The van der Waals surface area contributed by atoms with Crippen molar-refractivity contribution in [3.05, 3.63) is 23.8 Å². The van der Waals surface area contributed by atoms with E-state index in [0.29, 0.717) is 6.54 Å². The Kier molecular flexibility index (Phi) is 5.08. The van der Waals surface area contributed by atoms with Crippen molar-refractivity contribution < 1.29 is 14.9 Å². The van der Waals surface area contributed by atoms with Crippen molar-refractivity contribution in [1.82, 2.24) is 0 Å². The van der Waals surface area contributed by atoms with Crippen LogP contribution in [0, 0.1) is 0 Å². The first-order valence-electron chi connectivity index (χ1n) is 5.41. The molecule has 90 valence electrons. The lowest BCUT2D eigenvalue weighted by molar-refractivity contribution is 0.105. The maximum Gasteiger partial charge on any atom is 0.141 e. The van der Waals surface area contributed by atoms with Gasteiger partial charge in [-0.3, -0.25) is 0 Å². The summed E-state index contributed by atoms with van der Waals surface area (Å²) in [5.41, 5.74) is 2.04. The number of rotatable bonds is 6. The zero-order chi connectivity index (χ0) is 12.0. The number of anilines is 1. The minimum Gasteiger partial charge on any atom is -0.495 e. The lowest BCUT2D eigenvalue weighted by atomic mass is 10.1. The zero-order valence-electron chi connectivity index (χ0n) is 9.73. The molecule has 0 amide bonds. The highest BCUT2D eigenvalue weighted by atomic mass is 16.5. The molecule has 1 rings (SSSR count). The summed E-state index contributed by atoms with van der Waals surface area (Å²) in [5.74, 6) is 0.738. The molecule has 0 saturated heterocycles. The Morgan fingerprint density at radius 3 is 2.75 bits per heavy atom. The van der Waals surface area contributed by atoms with Crippen LogP contribution in [0.3, 0.4) is 0 Å². The van der Waals surface area contributed by atoms with Crippen molar-refractivity contribution >= 4 is 5.69 Å². The highest BCUT2D eigenvalue weighted by Crippen LogP contribution is 2.25. The first kappa shape index (κ1) is 12.8. The summed E-state index contributed by atoms with van der Waals surface area (Å²) in [7, 11) is 1.61. The summed E-state index contributed by atoms with van der Waals surface area (Å²) in [6.45, 7) is 2.14. The Labute approximate surface area is 95.9 Å². The van der Waals surface area contributed by atoms with E-state index in [9.17, 15) is 5.11 Å². The molecular weight excluding hydrogens is 206 g/mol. The highest BCUT2D eigenvalue weighted by molar-refractivity contribution is 5.58. The van der Waals surface area contributed by atoms with Gasteiger partial charge in [-0.25, -0.2) is 0 Å². The molecule has 1 aromatic carbocycles. The van der Waals surface area contributed by atoms with Gasteiger partial charge in [0, 0.05) is 6.54 Å². The number of benzene rings is 1. The second-order valence-electron chi connectivity index (χ2n) is 3.61. The van der Waals surface area contributed by atoms with Crippen LogP contribution >= 0.6 is 0 Å². The summed E-state index contributed by atoms with van der Waals surface area (Å²) in [4.78, 5) is 0. The summed E-state index contributed by atoms with van der Waals surface area (Å²) in [6.07, 6.45) is 0.191. The predicted molar refractivity (Wildman–Crippen MR) is 64.0 cm³/mol. The van der Waals surface area contributed by atoms with E-state index in [4.69, 9.17) is 9.84 Å². The van der Waals surface area contributed by atoms with Crippen LogP contribution in [0.5, 0.6) is 5.75 Å². The third-order valence-electron chi connectivity index (χ3n) is 2.41. The van der Waals surface area contributed by atoms with Gasteiger partial charge in [0.05, 0.1) is 25.5 Å². The molecule has 0 heterocycles. The van der Waals surface area contributed by atoms with Crippen LogP contribution in [0.1, 0.15) is 12.5 Å². The standard InChI is InChI=1S/C12H19NO3/c1-3-9-4-5-12(16-2)11(6-9)13-7-10(15)8-14/h4-6,10,13-15H,3,7-8H2,1-2H3. The molecule has 0 aromatic heterocycles. The molecule has 0 aliphatic rings. The number of nitrogens with one attached hydrogen (secondary N) is 1. The second kappa shape index (κ2) is 6.35. The Balaban J connectivity index is 2.75. The van der Waals surface area contributed by atoms with E-state index < -0.39 is 6.10 Å². The Morgan fingerprint density at radius 2 is 2.19 bits per heavy atom. The van der Waals surface area contributed by atoms with Gasteiger partial charge in [0.15, 0.2) is 0 Å². The van der Waals surface area contributed by atoms with Gasteiger partial charge in [-0.05, 0) is 24.1 Å². The molecule has 0 aliphatic carbocycles. The SMILES string of the molecule is CCc1ccc(OC)c(NCC(O)CO)c1. The molecule has 0 bridgehead atoms. The summed E-state index contributed by atoms with van der Waals surface area (Å²) < 4.78 is 5.20. The van der Waals surface area contributed by atoms with Crippen LogP contribution in [0.25, 0.3) is 0 Å². The Morgan fingerprint density at radius 1 is 1.44 bits per heavy atom. The molecule has 0 aliphatic heterocycles. The highest BCUT2D eigenvalue weighted by Gasteiger charge is 2.06. The van der Waals surface area contributed by atoms with Gasteiger partial charge in [-0.15, -0.1) is 0 Å². The van der Waals surface area contributed by atoms with Crippen molar-refractivity contribution in [3.8, 4) is 5.75 Å². The number of ether oxygens (including phenoxy) is 1. The fourth-order valence-electron chi connectivity index (χ4n) is 1.41. The lowest BCUT2D eigenvalue weighted by Crippen LogP contribution is -2.23. The number of aliphatic hydroxyl groups excluding tert-OH is 2. The average molecular weight is 225 g/mol. The third kappa shape index (κ3) is 3.40. The first-order chi connectivity index (χ1) is 7.71. The molecule has 0 saturated carbocycles. The topological polar surface area (TPSA) is 61.7 Å². The van der Waals surface area contributed by atoms with E-state index in [1.807, 2.05) is 18.2 Å². The van der Waals surface area contributed by atoms with Crippen LogP contribution in [0.4, 0.5) is 5.69 Å². The van der Waals surface area contributed by atoms with Crippen LogP contribution in [-0.4, -0.2) is 36.6 Å². The molecule has 16 heavy (non-hydrogen) atoms. The number of hydrogen-bond acceptors (Lipinski definition) is 4. The maximum absolute atomic E-state index is 9.26. The molecule has 1 unspecified atom stereocenters. The molecule has 3 N–H and O–H groups in total. The van der Waals surface area contributed by atoms with E-state index in [0.717, 1.165) is 17.9 Å². The van der Waals surface area contributed by atoms with Crippen molar-refractivity contribution in [1.29, 1.82) is 0 Å². The van der Waals surface area contributed by atoms with E-state index in [1.165, 1.54) is 5.56 Å². The van der Waals surface area contributed by atoms with Crippen molar-refractivity contribution in [2.75, 3.05) is 25.6 Å². The van der Waals surface area contributed by atoms with Gasteiger partial charge in [0.2, 0.25) is 0 Å². The summed E-state index contributed by atoms with van der Waals surface area (Å²) >= 11 is 0. The van der Waals surface area contributed by atoms with Gasteiger partial charge in [-0.2, -0.15) is 0 Å². The van der Waals surface area contributed by atoms with E-state index in [1.54, 1.807) is 7.11 Å². The minimum atomic E-state index is -0.755. The number of aryl methyl sites for hydroxylation is 1. The molecule has 1 aromatic rings. The van der Waals surface area contributed by atoms with Crippen LogP contribution < -0.4 is 10.1 Å². The average Bonchev–Trinajstić information content (AvgIpc) is 2.35. The van der Waals surface area contributed by atoms with Crippen LogP contribution in [0.2, 0.25) is 0 Å². The van der Waals surface area contributed by atoms with Gasteiger partial charge >= 0.3 is 0 Å². The fraction of sp³-hybridized carbons (Fsp3) is 0.500. The lowest BCUT2D eigenvalue weighted by Gasteiger charge is -2.14. The quantitative estimate of drug-likeness (QED) is 0.676. The Hall–Kier alpha value is -1.26. The van der Waals surface area contributed by atoms with Gasteiger partial charge in [0.1, 0.15) is 5.75 Å². The first-order valence-corrected chi connectivity index (χ1v) is 5.41. The normalized spacial score (nSPS) is 12.2. The molecule has 4 heteroatoms. The largest absolute Gasteiger partial charge is 0.495 e. The van der Waals surface area contributed by atoms with Crippen LogP contribution in [-0.2, 0) is 6.42 Å². The molecular formula is C12H19NO3. The van der Waals surface area contributed by atoms with E-state index in [-0.39, 0.29) is 6.61 Å². The van der Waals surface area contributed by atoms with E-state index in [2.05, 4.69) is 12.2 Å². The van der Waals surface area contributed by atoms with Gasteiger partial charge < -0.3 is 20.3 Å². The monoisotopic (exact) mass is 225 g/mol. The molecule has 1 atom stereocenters. The molecule has 4 nitrogen and oxygen atoms in total. The third-order valence-corrected chi connectivity index (χ3v) is 2.41. The van der Waals surface area contributed by atoms with Gasteiger partial charge in [0.25, 0.3) is 0 Å². The zero-order valence-corrected chi connectivity index (χ0v) is 9.73. The smallest absolute Gasteiger partial charge is 0.141 e. The summed E-state index contributed by atoms with van der Waals surface area (Å²) in [6, 6.07) is 5.89.